The first-order valence-corrected chi connectivity index (χ1v) is 38.1. The fourth-order valence-electron chi connectivity index (χ4n) is 17.2. The molecule has 0 bridgehead atoms. The molecule has 0 nitrogen and oxygen atoms in total. The maximum absolute atomic E-state index is 2.37. The van der Waals surface area contributed by atoms with Crippen LogP contribution >= 0.6 is 0 Å². The Kier molecular flexibility index (Phi) is 16.7. The van der Waals surface area contributed by atoms with Crippen molar-refractivity contribution in [1.29, 1.82) is 0 Å². The molecule has 0 N–H and O–H groups in total. The second-order valence-electron chi connectivity index (χ2n) is 28.9. The third-order valence-corrected chi connectivity index (χ3v) is 22.4. The average molecular weight is 1390 g/mol. The number of fused-ring (bicyclic) bond motifs is 8. The predicted octanol–water partition coefficient (Wildman–Crippen LogP) is 30.9. The van der Waals surface area contributed by atoms with Crippen LogP contribution in [0.3, 0.4) is 0 Å². The third kappa shape index (κ3) is 12.0. The Morgan fingerprint density at radius 3 is 0.682 bits per heavy atom. The molecule has 21 aromatic rings. The third-order valence-electron chi connectivity index (χ3n) is 22.4. The van der Waals surface area contributed by atoms with Gasteiger partial charge in [0.2, 0.25) is 0 Å². The highest BCUT2D eigenvalue weighted by Gasteiger charge is 2.21. The summed E-state index contributed by atoms with van der Waals surface area (Å²) in [6.45, 7) is 0. The van der Waals surface area contributed by atoms with Gasteiger partial charge < -0.3 is 0 Å². The minimum Gasteiger partial charge on any atom is -0.0622 e. The minimum atomic E-state index is 1.21. The first-order chi connectivity index (χ1) is 54.5. The molecule has 0 amide bonds. The average Bonchev–Trinajstić information content (AvgIpc) is 0.740. The fraction of sp³-hybridized carbons (Fsp3) is 0. The lowest BCUT2D eigenvalue weighted by atomic mass is 9.85. The van der Waals surface area contributed by atoms with Crippen LogP contribution in [0, 0.1) is 0 Å². The summed E-state index contributed by atoms with van der Waals surface area (Å²) in [6.07, 6.45) is 0. The smallest absolute Gasteiger partial charge is 0.00262 e. The molecule has 0 aliphatic carbocycles. The molecule has 21 aromatic carbocycles. The second kappa shape index (κ2) is 28.2. The zero-order valence-electron chi connectivity index (χ0n) is 60.6. The number of benzene rings is 21. The lowest BCUT2D eigenvalue weighted by Crippen LogP contribution is -1.91. The maximum Gasteiger partial charge on any atom is -0.00262 e. The van der Waals surface area contributed by atoms with Gasteiger partial charge in [-0.1, -0.05) is 382 Å². The minimum absolute atomic E-state index is 1.21. The lowest BCUT2D eigenvalue weighted by molar-refractivity contribution is 1.57. The van der Waals surface area contributed by atoms with Gasteiger partial charge in [0, 0.05) is 0 Å². The topological polar surface area (TPSA) is 0 Å². The number of rotatable bonds is 11. The van der Waals surface area contributed by atoms with Crippen LogP contribution in [0.2, 0.25) is 0 Å². The largest absolute Gasteiger partial charge is 0.0622 e. The summed E-state index contributed by atoms with van der Waals surface area (Å²) in [7, 11) is 0. The van der Waals surface area contributed by atoms with E-state index in [0.717, 1.165) is 0 Å². The molecule has 0 spiro atoms. The summed E-state index contributed by atoms with van der Waals surface area (Å²) >= 11 is 0. The Morgan fingerprint density at radius 1 is 0.0909 bits per heavy atom. The normalized spacial score (nSPS) is 11.5. The van der Waals surface area contributed by atoms with Crippen LogP contribution in [-0.4, -0.2) is 0 Å². The molecule has 0 radical (unpaired) electrons. The van der Waals surface area contributed by atoms with E-state index < -0.39 is 0 Å². The summed E-state index contributed by atoms with van der Waals surface area (Å²) < 4.78 is 0. The van der Waals surface area contributed by atoms with Gasteiger partial charge in [-0.3, -0.25) is 0 Å². The summed E-state index contributed by atoms with van der Waals surface area (Å²) in [5.41, 5.74) is 27.3. The van der Waals surface area contributed by atoms with Crippen molar-refractivity contribution >= 4 is 86.2 Å². The molecule has 0 aliphatic rings. The van der Waals surface area contributed by atoms with Gasteiger partial charge >= 0.3 is 0 Å². The van der Waals surface area contributed by atoms with Gasteiger partial charge in [0.25, 0.3) is 0 Å². The monoisotopic (exact) mass is 1390 g/mol. The molecule has 110 heavy (non-hydrogen) atoms. The van der Waals surface area contributed by atoms with Crippen LogP contribution in [0.25, 0.3) is 209 Å². The Balaban J connectivity index is 0.000000145. The predicted molar refractivity (Wildman–Crippen MR) is 473 cm³/mol. The standard InChI is InChI=1S/C58H38.C52H34/c1-4-14-39(15-5-1)50-36-51(40-16-6-2-7-17-40)38-52(37-50)48-29-28-44-32-42(24-25-45(44)34-48)43-26-27-47-35-49(31-30-46(47)33-43)58-55-22-12-10-20-53(55)57(41-18-8-3-9-19-41)54-21-11-13-23-56(54)58;1-3-15-35(16-4-1)41-19-7-8-20-43(41)46-32-31-42(44-21-9-10-22-45(44)46)39-29-27-38-34-40(30-28-37(38)33-39)52-49-25-13-11-23-47(49)51(36-17-5-2-6-18-36)48-24-12-14-26-50(48)52/h1-38H;1-34H. The molecule has 0 heteroatoms. The van der Waals surface area contributed by atoms with Gasteiger partial charge in [-0.05, 0) is 263 Å². The van der Waals surface area contributed by atoms with Gasteiger partial charge in [-0.25, -0.2) is 0 Å². The van der Waals surface area contributed by atoms with Gasteiger partial charge in [-0.2, -0.15) is 0 Å². The van der Waals surface area contributed by atoms with Crippen LogP contribution in [-0.2, 0) is 0 Å². The van der Waals surface area contributed by atoms with Gasteiger partial charge in [0.05, 0.1) is 0 Å². The van der Waals surface area contributed by atoms with Crippen molar-refractivity contribution in [2.45, 2.75) is 0 Å². The molecular weight excluding hydrogens is 1320 g/mol. The summed E-state index contributed by atoms with van der Waals surface area (Å²) in [4.78, 5) is 0. The second-order valence-corrected chi connectivity index (χ2v) is 28.9. The first-order valence-electron chi connectivity index (χ1n) is 38.1. The Morgan fingerprint density at radius 2 is 0.318 bits per heavy atom. The molecular formula is C110H72. The van der Waals surface area contributed by atoms with Crippen LogP contribution in [0.5, 0.6) is 0 Å². The van der Waals surface area contributed by atoms with Crippen LogP contribution in [0.1, 0.15) is 0 Å². The molecule has 0 heterocycles. The van der Waals surface area contributed by atoms with Gasteiger partial charge in [0.15, 0.2) is 0 Å². The highest BCUT2D eigenvalue weighted by Crippen LogP contribution is 2.48. The zero-order valence-corrected chi connectivity index (χ0v) is 60.6. The van der Waals surface area contributed by atoms with E-state index in [0.29, 0.717) is 0 Å². The Labute approximate surface area is 641 Å². The van der Waals surface area contributed by atoms with E-state index in [9.17, 15) is 0 Å². The zero-order chi connectivity index (χ0) is 72.9. The SMILES string of the molecule is c1ccc(-c2cc(-c3ccccc3)cc(-c3ccc4cc(-c5ccc6cc(-c7c8ccccc8c(-c8ccccc8)c8ccccc78)ccc6c5)ccc4c3)c2)cc1.c1ccc(-c2ccccc2-c2ccc(-c3ccc4cc(-c5c6ccccc6c(-c6ccccc6)c6ccccc56)ccc4c3)c3ccccc23)cc1. The number of hydrogen-bond donors (Lipinski definition) is 0. The van der Waals surface area contributed by atoms with Crippen LogP contribution in [0.4, 0.5) is 0 Å². The molecule has 0 saturated carbocycles. The fourth-order valence-corrected chi connectivity index (χ4v) is 17.2. The van der Waals surface area contributed by atoms with Crippen molar-refractivity contribution < 1.29 is 0 Å². The van der Waals surface area contributed by atoms with Crippen molar-refractivity contribution in [3.63, 3.8) is 0 Å². The summed E-state index contributed by atoms with van der Waals surface area (Å²) in [5.74, 6) is 0. The number of hydrogen-bond acceptors (Lipinski definition) is 0. The van der Waals surface area contributed by atoms with Crippen molar-refractivity contribution in [1.82, 2.24) is 0 Å². The molecule has 512 valence electrons. The maximum atomic E-state index is 2.37. The van der Waals surface area contributed by atoms with E-state index in [-0.39, 0.29) is 0 Å². The highest BCUT2D eigenvalue weighted by atomic mass is 14.2. The van der Waals surface area contributed by atoms with Crippen molar-refractivity contribution in [3.05, 3.63) is 437 Å². The van der Waals surface area contributed by atoms with Crippen molar-refractivity contribution in [3.8, 4) is 122 Å². The first kappa shape index (κ1) is 65.2. The molecule has 0 saturated heterocycles. The molecule has 0 fully saturated rings. The van der Waals surface area contributed by atoms with E-state index >= 15 is 0 Å². The molecule has 0 aliphatic heterocycles. The van der Waals surface area contributed by atoms with E-state index in [1.165, 1.54) is 209 Å². The van der Waals surface area contributed by atoms with Gasteiger partial charge in [0.1, 0.15) is 0 Å². The van der Waals surface area contributed by atoms with E-state index in [1.54, 1.807) is 0 Å². The Bertz CT molecular complexity index is 6930. The summed E-state index contributed by atoms with van der Waals surface area (Å²) in [6, 6.07) is 160. The molecule has 0 aromatic heterocycles. The van der Waals surface area contributed by atoms with Crippen LogP contribution < -0.4 is 0 Å². The highest BCUT2D eigenvalue weighted by molar-refractivity contribution is 6.23. The van der Waals surface area contributed by atoms with E-state index in [4.69, 9.17) is 0 Å². The van der Waals surface area contributed by atoms with Crippen molar-refractivity contribution in [2.24, 2.45) is 0 Å². The van der Waals surface area contributed by atoms with E-state index in [2.05, 4.69) is 437 Å². The molecule has 21 rings (SSSR count). The summed E-state index contributed by atoms with van der Waals surface area (Å²) in [5, 5.41) is 20.1. The molecule has 0 atom stereocenters. The van der Waals surface area contributed by atoms with Crippen molar-refractivity contribution in [2.75, 3.05) is 0 Å². The Hall–Kier alpha value is -14.3. The van der Waals surface area contributed by atoms with Gasteiger partial charge in [-0.15, -0.1) is 0 Å². The lowest BCUT2D eigenvalue weighted by Gasteiger charge is -2.18. The van der Waals surface area contributed by atoms with E-state index in [1.807, 2.05) is 0 Å². The molecule has 0 unspecified atom stereocenters. The van der Waals surface area contributed by atoms with Crippen LogP contribution in [0.15, 0.2) is 437 Å². The quantitative estimate of drug-likeness (QED) is 0.113.